The fourth-order valence-corrected chi connectivity index (χ4v) is 18.2. The van der Waals surface area contributed by atoms with Crippen LogP contribution >= 0.6 is 0 Å². The summed E-state index contributed by atoms with van der Waals surface area (Å²) in [7, 11) is 0. The average Bonchev–Trinajstić information content (AvgIpc) is 1.52. The van der Waals surface area contributed by atoms with Gasteiger partial charge in [0.1, 0.15) is 5.65 Å². The number of pyridine rings is 2. The first-order chi connectivity index (χ1) is 48.7. The third-order valence-electron chi connectivity index (χ3n) is 22.1. The van der Waals surface area contributed by atoms with Gasteiger partial charge in [0.05, 0.1) is 77.9 Å². The second-order valence-electron chi connectivity index (χ2n) is 26.8. The first-order valence-electron chi connectivity index (χ1n) is 33.7. The fraction of sp³-hybridized carbons (Fsp3) is 0. The van der Waals surface area contributed by atoms with E-state index in [4.69, 9.17) is 4.98 Å². The lowest BCUT2D eigenvalue weighted by Gasteiger charge is -2.13. The van der Waals surface area contributed by atoms with Gasteiger partial charge >= 0.3 is 0 Å². The van der Waals surface area contributed by atoms with Gasteiger partial charge in [-0.25, -0.2) is 4.98 Å². The van der Waals surface area contributed by atoms with Gasteiger partial charge < -0.3 is 22.5 Å². The van der Waals surface area contributed by atoms with E-state index in [1.807, 2.05) is 18.6 Å². The number of aromatic nitrogens is 8. The Morgan fingerprint density at radius 1 is 0.214 bits per heavy atom. The van der Waals surface area contributed by atoms with Crippen molar-refractivity contribution in [1.29, 1.82) is 0 Å². The van der Waals surface area contributed by atoms with E-state index in [1.165, 1.54) is 152 Å². The Labute approximate surface area is 556 Å². The predicted octanol–water partition coefficient (Wildman–Crippen LogP) is 23.1. The van der Waals surface area contributed by atoms with Crippen LogP contribution in [0.1, 0.15) is 0 Å². The molecule has 0 radical (unpaired) electrons. The van der Waals surface area contributed by atoms with E-state index >= 15 is 0 Å². The Kier molecular flexibility index (Phi) is 9.57. The van der Waals surface area contributed by atoms with E-state index in [0.29, 0.717) is 0 Å². The summed E-state index contributed by atoms with van der Waals surface area (Å²) in [5.74, 6) is 0. The maximum Gasteiger partial charge on any atom is 0.145 e. The maximum absolute atomic E-state index is 5.29. The van der Waals surface area contributed by atoms with Gasteiger partial charge in [0.2, 0.25) is 0 Å². The van der Waals surface area contributed by atoms with Gasteiger partial charge in [-0.05, 0) is 172 Å². The Morgan fingerprint density at radius 3 is 1.19 bits per heavy atom. The quantitative estimate of drug-likeness (QED) is 0.172. The van der Waals surface area contributed by atoms with Crippen molar-refractivity contribution in [3.05, 3.63) is 304 Å². The molecule has 98 heavy (non-hydrogen) atoms. The first-order valence-corrected chi connectivity index (χ1v) is 33.7. The Balaban J connectivity index is 0.746. The molecule has 0 aliphatic carbocycles. The van der Waals surface area contributed by atoms with Crippen LogP contribution in [0.3, 0.4) is 0 Å². The molecule has 0 saturated heterocycles. The van der Waals surface area contributed by atoms with E-state index in [9.17, 15) is 0 Å². The summed E-state index contributed by atoms with van der Waals surface area (Å²) in [5.41, 5.74) is 22.9. The van der Waals surface area contributed by atoms with Crippen molar-refractivity contribution in [3.63, 3.8) is 0 Å². The molecule has 10 aromatic heterocycles. The molecule has 450 valence electrons. The lowest BCUT2D eigenvalue weighted by atomic mass is 9.94. The molecule has 0 bridgehead atoms. The highest BCUT2D eigenvalue weighted by molar-refractivity contribution is 6.38. The van der Waals surface area contributed by atoms with Crippen molar-refractivity contribution < 1.29 is 0 Å². The molecular formula is C90H50N8. The number of hydrogen-bond donors (Lipinski definition) is 0. The second kappa shape index (κ2) is 18.3. The van der Waals surface area contributed by atoms with E-state index < -0.39 is 0 Å². The van der Waals surface area contributed by atoms with Crippen molar-refractivity contribution in [3.8, 4) is 33.9 Å². The molecular weight excluding hydrogens is 1190 g/mol. The standard InChI is InChI=1S/C90H50N8/c1-3-18-53-46-79-70(44-51(53)16-1)84-86-67(48-68-61-22-7-11-29-75(61)97(79)87(68)84)60-21-6-10-28-74(60)94(86)56-37-39-58(40-38-56)96-78-32-14-24-64(82(78)66-26-15-42-92-90(66)96)65-25-13-31-77-83(65)72-49-69-62-23-8-12-30-76(62)98-80-47-54-19-4-2-17-52(54)45-71(80)85(88(69)98)89(72)95(77)57-35-33-55(34-36-57)93-73-27-9-5-20-59(73)63-41-43-91-50-81(63)93/h1-50H. The fourth-order valence-electron chi connectivity index (χ4n) is 18.2. The van der Waals surface area contributed by atoms with Crippen LogP contribution in [-0.2, 0) is 0 Å². The summed E-state index contributed by atoms with van der Waals surface area (Å²) in [5, 5.41) is 24.5. The SMILES string of the molecule is c1ccc2cc3c(cc2c1)c1c2c(cc4c5ccccc5n3c41)c1ccccc1n2-c1ccc(-n2c3cccc(-c4cccc5c4c4cc6c7ccccc7n7c8cc9ccccc9cc8c(c4n5-c4ccc(-n5c8ccccc8c8ccncc85)cc4)c67)c3c3cccnc32)cc1. The summed E-state index contributed by atoms with van der Waals surface area (Å²) in [4.78, 5) is 9.92. The third kappa shape index (κ3) is 6.36. The summed E-state index contributed by atoms with van der Waals surface area (Å²) in [6.07, 6.45) is 5.83. The molecule has 0 aliphatic rings. The minimum atomic E-state index is 0.909. The van der Waals surface area contributed by atoms with Gasteiger partial charge in [0.25, 0.3) is 0 Å². The minimum Gasteiger partial charge on any atom is -0.309 e. The molecule has 0 atom stereocenters. The van der Waals surface area contributed by atoms with Crippen LogP contribution in [0.25, 0.3) is 219 Å². The Bertz CT molecular complexity index is 7600. The monoisotopic (exact) mass is 1240 g/mol. The topological polar surface area (TPSA) is 54.3 Å². The van der Waals surface area contributed by atoms with Crippen LogP contribution in [0, 0.1) is 0 Å². The van der Waals surface area contributed by atoms with Crippen LogP contribution in [0.2, 0.25) is 0 Å². The smallest absolute Gasteiger partial charge is 0.145 e. The van der Waals surface area contributed by atoms with Crippen molar-refractivity contribution in [2.24, 2.45) is 0 Å². The number of para-hydroxylation sites is 4. The van der Waals surface area contributed by atoms with Crippen LogP contribution in [-0.4, -0.2) is 37.0 Å². The zero-order valence-electron chi connectivity index (χ0n) is 52.4. The van der Waals surface area contributed by atoms with E-state index in [2.05, 4.69) is 317 Å². The summed E-state index contributed by atoms with van der Waals surface area (Å²) >= 11 is 0. The maximum atomic E-state index is 5.29. The summed E-state index contributed by atoms with van der Waals surface area (Å²) in [6.45, 7) is 0. The average molecular weight is 1240 g/mol. The van der Waals surface area contributed by atoms with Crippen molar-refractivity contribution in [2.45, 2.75) is 0 Å². The van der Waals surface area contributed by atoms with E-state index in [1.54, 1.807) is 0 Å². The number of hydrogen-bond acceptors (Lipinski definition) is 2. The first kappa shape index (κ1) is 51.2. The van der Waals surface area contributed by atoms with Crippen molar-refractivity contribution >= 4 is 185 Å². The van der Waals surface area contributed by atoms with Crippen molar-refractivity contribution in [2.75, 3.05) is 0 Å². The number of nitrogens with zero attached hydrogens (tertiary/aromatic N) is 8. The molecule has 0 fully saturated rings. The van der Waals surface area contributed by atoms with Crippen molar-refractivity contribution in [1.82, 2.24) is 37.0 Å². The van der Waals surface area contributed by atoms with Gasteiger partial charge in [-0.15, -0.1) is 0 Å². The highest BCUT2D eigenvalue weighted by atomic mass is 15.1. The molecule has 0 unspecified atom stereocenters. The van der Waals surface area contributed by atoms with Gasteiger partial charge in [0.15, 0.2) is 0 Å². The zero-order valence-corrected chi connectivity index (χ0v) is 52.4. The lowest BCUT2D eigenvalue weighted by molar-refractivity contribution is 1.12. The Hall–Kier alpha value is -13.3. The second-order valence-corrected chi connectivity index (χ2v) is 26.8. The van der Waals surface area contributed by atoms with Crippen LogP contribution in [0.5, 0.6) is 0 Å². The van der Waals surface area contributed by atoms with Crippen LogP contribution in [0.15, 0.2) is 304 Å². The third-order valence-corrected chi connectivity index (χ3v) is 22.1. The summed E-state index contributed by atoms with van der Waals surface area (Å²) < 4.78 is 14.9. The number of rotatable bonds is 5. The minimum absolute atomic E-state index is 0.909. The molecule has 0 aliphatic heterocycles. The molecule has 0 amide bonds. The van der Waals surface area contributed by atoms with E-state index in [-0.39, 0.29) is 0 Å². The van der Waals surface area contributed by atoms with Gasteiger partial charge in [-0.1, -0.05) is 146 Å². The highest BCUT2D eigenvalue weighted by Gasteiger charge is 2.30. The predicted molar refractivity (Wildman–Crippen MR) is 409 cm³/mol. The molecule has 0 spiro atoms. The highest BCUT2D eigenvalue weighted by Crippen LogP contribution is 2.52. The lowest BCUT2D eigenvalue weighted by Crippen LogP contribution is -1.98. The normalized spacial score (nSPS) is 12.7. The molecule has 8 heteroatoms. The molecule has 0 N–H and O–H groups in total. The molecule has 24 aromatic rings. The number of fused-ring (bicyclic) bond motifs is 28. The molecule has 8 nitrogen and oxygen atoms in total. The molecule has 0 saturated carbocycles. The number of benzene rings is 14. The van der Waals surface area contributed by atoms with Gasteiger partial charge in [0, 0.05) is 121 Å². The van der Waals surface area contributed by atoms with Crippen LogP contribution in [0.4, 0.5) is 0 Å². The largest absolute Gasteiger partial charge is 0.309 e. The molecule has 10 heterocycles. The Morgan fingerprint density at radius 2 is 0.612 bits per heavy atom. The van der Waals surface area contributed by atoms with Gasteiger partial charge in [-0.3, -0.25) is 9.55 Å². The van der Waals surface area contributed by atoms with Gasteiger partial charge in [-0.2, -0.15) is 0 Å². The molecule has 14 aromatic carbocycles. The zero-order chi connectivity index (χ0) is 63.3. The van der Waals surface area contributed by atoms with Crippen LogP contribution < -0.4 is 0 Å². The molecule has 24 rings (SSSR count). The van der Waals surface area contributed by atoms with E-state index in [0.717, 1.165) is 66.8 Å². The summed E-state index contributed by atoms with van der Waals surface area (Å²) in [6, 6.07) is 107.